The number of hydrogen-bond donors (Lipinski definition) is 0. The normalized spacial score (nSPS) is 17.0. The van der Waals surface area contributed by atoms with Crippen LogP contribution in [0.1, 0.15) is 24.0 Å². The fourth-order valence-electron chi connectivity index (χ4n) is 3.29. The Labute approximate surface area is 145 Å². The van der Waals surface area contributed by atoms with Crippen molar-refractivity contribution in [1.29, 1.82) is 0 Å². The molecule has 3 rings (SSSR count). The van der Waals surface area contributed by atoms with E-state index in [-0.39, 0.29) is 0 Å². The summed E-state index contributed by atoms with van der Waals surface area (Å²) in [6, 6.07) is 21.6. The minimum Gasteiger partial charge on any atom is -0.382 e. The van der Waals surface area contributed by atoms with Crippen LogP contribution in [0.15, 0.2) is 65.8 Å². The van der Waals surface area contributed by atoms with Crippen LogP contribution in [0, 0.1) is 0 Å². The van der Waals surface area contributed by atoms with Gasteiger partial charge in [0, 0.05) is 32.2 Å². The maximum Gasteiger partial charge on any atom is 0.0704 e. The minimum absolute atomic E-state index is 0.413. The Balaban J connectivity index is 1.79. The number of nitrogens with zero attached hydrogens (tertiary/aromatic N) is 2. The van der Waals surface area contributed by atoms with Gasteiger partial charge in [0.15, 0.2) is 0 Å². The summed E-state index contributed by atoms with van der Waals surface area (Å²) in [4.78, 5) is 0. The van der Waals surface area contributed by atoms with Gasteiger partial charge in [-0.1, -0.05) is 60.7 Å². The molecule has 3 heteroatoms. The van der Waals surface area contributed by atoms with Gasteiger partial charge in [-0.3, -0.25) is 5.01 Å². The number of ether oxygens (including phenoxy) is 1. The topological polar surface area (TPSA) is 24.8 Å². The molecule has 0 saturated carbocycles. The molecule has 24 heavy (non-hydrogen) atoms. The van der Waals surface area contributed by atoms with E-state index in [0.717, 1.165) is 26.0 Å². The molecule has 0 amide bonds. The highest BCUT2D eigenvalue weighted by Gasteiger charge is 2.23. The van der Waals surface area contributed by atoms with Gasteiger partial charge in [0.05, 0.1) is 12.6 Å². The highest BCUT2D eigenvalue weighted by atomic mass is 16.5. The first-order valence-electron chi connectivity index (χ1n) is 8.75. The van der Waals surface area contributed by atoms with E-state index in [1.165, 1.54) is 29.7 Å². The third-order valence-corrected chi connectivity index (χ3v) is 4.48. The molecule has 0 aliphatic carbocycles. The quantitative estimate of drug-likeness (QED) is 0.721. The standard InChI is InChI=1S/C21H26N2O/c1-24-17-21-13-8-14-23(21)22-20(15-18-9-4-2-5-10-18)16-19-11-6-3-7-12-19/h2-7,9-12,21H,8,13-17H2,1H3/t21-/m0/s1. The Morgan fingerprint density at radius 1 is 1.00 bits per heavy atom. The zero-order valence-corrected chi connectivity index (χ0v) is 14.4. The molecule has 2 aromatic rings. The van der Waals surface area contributed by atoms with Crippen molar-refractivity contribution < 1.29 is 4.74 Å². The molecule has 1 saturated heterocycles. The molecule has 1 aliphatic rings. The second kappa shape index (κ2) is 8.65. The van der Waals surface area contributed by atoms with Gasteiger partial charge in [-0.2, -0.15) is 5.10 Å². The zero-order chi connectivity index (χ0) is 16.6. The summed E-state index contributed by atoms with van der Waals surface area (Å²) in [6.45, 7) is 1.79. The average Bonchev–Trinajstić information content (AvgIpc) is 3.04. The maximum atomic E-state index is 5.36. The highest BCUT2D eigenvalue weighted by Crippen LogP contribution is 2.19. The van der Waals surface area contributed by atoms with Gasteiger partial charge in [-0.25, -0.2) is 0 Å². The van der Waals surface area contributed by atoms with Crippen molar-refractivity contribution in [3.63, 3.8) is 0 Å². The Morgan fingerprint density at radius 3 is 2.12 bits per heavy atom. The van der Waals surface area contributed by atoms with Crippen LogP contribution >= 0.6 is 0 Å². The Bertz CT molecular complexity index is 596. The Morgan fingerprint density at radius 2 is 1.58 bits per heavy atom. The van der Waals surface area contributed by atoms with Gasteiger partial charge in [0.2, 0.25) is 0 Å². The van der Waals surface area contributed by atoms with E-state index in [4.69, 9.17) is 9.84 Å². The monoisotopic (exact) mass is 322 g/mol. The van der Waals surface area contributed by atoms with Crippen LogP contribution in [0.25, 0.3) is 0 Å². The summed E-state index contributed by atoms with van der Waals surface area (Å²) in [5, 5.41) is 7.28. The summed E-state index contributed by atoms with van der Waals surface area (Å²) in [7, 11) is 1.77. The molecule has 126 valence electrons. The lowest BCUT2D eigenvalue weighted by Gasteiger charge is -2.22. The third kappa shape index (κ3) is 4.68. The molecule has 3 nitrogen and oxygen atoms in total. The smallest absolute Gasteiger partial charge is 0.0704 e. The summed E-state index contributed by atoms with van der Waals surface area (Å²) in [6.07, 6.45) is 4.15. The van der Waals surface area contributed by atoms with E-state index in [1.54, 1.807) is 7.11 Å². The largest absolute Gasteiger partial charge is 0.382 e. The van der Waals surface area contributed by atoms with Gasteiger partial charge < -0.3 is 4.74 Å². The van der Waals surface area contributed by atoms with Crippen molar-refractivity contribution in [2.24, 2.45) is 5.10 Å². The van der Waals surface area contributed by atoms with Gasteiger partial charge in [0.25, 0.3) is 0 Å². The van der Waals surface area contributed by atoms with Crippen LogP contribution in [0.3, 0.4) is 0 Å². The molecule has 1 heterocycles. The molecule has 1 atom stereocenters. The molecular weight excluding hydrogens is 296 g/mol. The lowest BCUT2D eigenvalue weighted by Crippen LogP contribution is -2.30. The van der Waals surface area contributed by atoms with Crippen molar-refractivity contribution in [2.45, 2.75) is 31.7 Å². The van der Waals surface area contributed by atoms with Crippen molar-refractivity contribution >= 4 is 5.71 Å². The Kier molecular flexibility index (Phi) is 6.02. The molecule has 0 radical (unpaired) electrons. The van der Waals surface area contributed by atoms with E-state index in [2.05, 4.69) is 65.7 Å². The molecule has 1 fully saturated rings. The highest BCUT2D eigenvalue weighted by molar-refractivity contribution is 5.88. The average molecular weight is 322 g/mol. The SMILES string of the molecule is COC[C@@H]1CCCN1N=C(Cc1ccccc1)Cc1ccccc1. The lowest BCUT2D eigenvalue weighted by molar-refractivity contribution is 0.117. The first-order valence-corrected chi connectivity index (χ1v) is 8.75. The number of hydrogen-bond acceptors (Lipinski definition) is 3. The van der Waals surface area contributed by atoms with Crippen LogP contribution in [0.2, 0.25) is 0 Å². The van der Waals surface area contributed by atoms with Crippen molar-refractivity contribution in [2.75, 3.05) is 20.3 Å². The molecule has 0 unspecified atom stereocenters. The first kappa shape index (κ1) is 16.7. The summed E-state index contributed by atoms with van der Waals surface area (Å²) >= 11 is 0. The second-order valence-corrected chi connectivity index (χ2v) is 6.41. The number of rotatable bonds is 7. The Hall–Kier alpha value is -2.13. The van der Waals surface area contributed by atoms with Gasteiger partial charge >= 0.3 is 0 Å². The zero-order valence-electron chi connectivity index (χ0n) is 14.4. The summed E-state index contributed by atoms with van der Waals surface area (Å²) < 4.78 is 5.36. The lowest BCUT2D eigenvalue weighted by atomic mass is 10.0. The maximum absolute atomic E-state index is 5.36. The van der Waals surface area contributed by atoms with E-state index in [9.17, 15) is 0 Å². The van der Waals surface area contributed by atoms with Gasteiger partial charge in [-0.05, 0) is 24.0 Å². The van der Waals surface area contributed by atoms with E-state index < -0.39 is 0 Å². The van der Waals surface area contributed by atoms with E-state index in [1.807, 2.05) is 0 Å². The number of methoxy groups -OCH3 is 1. The van der Waals surface area contributed by atoms with Crippen molar-refractivity contribution in [3.8, 4) is 0 Å². The minimum atomic E-state index is 0.413. The van der Waals surface area contributed by atoms with Crippen LogP contribution in [0.4, 0.5) is 0 Å². The number of hydrazone groups is 1. The second-order valence-electron chi connectivity index (χ2n) is 6.41. The van der Waals surface area contributed by atoms with Gasteiger partial charge in [0.1, 0.15) is 0 Å². The molecule has 0 N–H and O–H groups in total. The van der Waals surface area contributed by atoms with E-state index in [0.29, 0.717) is 6.04 Å². The number of benzene rings is 2. The van der Waals surface area contributed by atoms with Crippen molar-refractivity contribution in [3.05, 3.63) is 71.8 Å². The molecule has 0 spiro atoms. The van der Waals surface area contributed by atoms with E-state index >= 15 is 0 Å². The fraction of sp³-hybridized carbons (Fsp3) is 0.381. The van der Waals surface area contributed by atoms with Crippen molar-refractivity contribution in [1.82, 2.24) is 5.01 Å². The summed E-state index contributed by atoms with van der Waals surface area (Å²) in [5.74, 6) is 0. The summed E-state index contributed by atoms with van der Waals surface area (Å²) in [5.41, 5.74) is 3.85. The van der Waals surface area contributed by atoms with Gasteiger partial charge in [-0.15, -0.1) is 0 Å². The van der Waals surface area contributed by atoms with Crippen LogP contribution in [-0.4, -0.2) is 37.0 Å². The van der Waals surface area contributed by atoms with Crippen LogP contribution in [-0.2, 0) is 17.6 Å². The molecule has 0 aromatic heterocycles. The van der Waals surface area contributed by atoms with Crippen LogP contribution < -0.4 is 0 Å². The molecule has 0 bridgehead atoms. The first-order chi connectivity index (χ1) is 11.8. The fourth-order valence-corrected chi connectivity index (χ4v) is 3.29. The molecule has 1 aliphatic heterocycles. The molecule has 2 aromatic carbocycles. The predicted octanol–water partition coefficient (Wildman–Crippen LogP) is 3.94. The van der Waals surface area contributed by atoms with Crippen LogP contribution in [0.5, 0.6) is 0 Å². The molecular formula is C21H26N2O. The predicted molar refractivity (Wildman–Crippen MR) is 99.3 cm³/mol. The third-order valence-electron chi connectivity index (χ3n) is 4.48.